The molecule has 1 aromatic carbocycles. The molecule has 1 aromatic rings. The summed E-state index contributed by atoms with van der Waals surface area (Å²) in [6, 6.07) is 4.10. The highest BCUT2D eigenvalue weighted by atomic mass is 19.4. The molecule has 2 rings (SSSR count). The number of piperazine rings is 1. The Morgan fingerprint density at radius 1 is 1.26 bits per heavy atom. The number of nitrogens with one attached hydrogen (secondary N) is 1. The van der Waals surface area contributed by atoms with E-state index in [1.807, 2.05) is 13.8 Å². The van der Waals surface area contributed by atoms with Gasteiger partial charge in [-0.3, -0.25) is 4.90 Å². The Balaban J connectivity index is 2.48. The van der Waals surface area contributed by atoms with E-state index in [1.165, 1.54) is 7.11 Å². The second-order valence-electron chi connectivity index (χ2n) is 6.07. The van der Waals surface area contributed by atoms with Crippen molar-refractivity contribution in [2.75, 3.05) is 33.3 Å². The van der Waals surface area contributed by atoms with Crippen LogP contribution in [0, 0.1) is 5.92 Å². The summed E-state index contributed by atoms with van der Waals surface area (Å²) in [5, 5.41) is 3.26. The van der Waals surface area contributed by atoms with Gasteiger partial charge >= 0.3 is 6.18 Å². The maximum atomic E-state index is 13.6. The highest BCUT2D eigenvalue weighted by molar-refractivity contribution is 5.39. The molecular formula is C17H25F3N2O. The van der Waals surface area contributed by atoms with E-state index in [2.05, 4.69) is 10.2 Å². The molecule has 1 aliphatic heterocycles. The fourth-order valence-electron chi connectivity index (χ4n) is 3.21. The maximum absolute atomic E-state index is 13.6. The molecule has 1 N–H and O–H groups in total. The molecule has 0 saturated carbocycles. The topological polar surface area (TPSA) is 24.5 Å². The van der Waals surface area contributed by atoms with Crippen molar-refractivity contribution in [1.82, 2.24) is 10.2 Å². The SMILES string of the molecule is CCC(C)[C@H](c1ccc(OC)cc1C(F)(F)F)N1CCNCC1. The molecule has 0 bridgehead atoms. The van der Waals surface area contributed by atoms with Crippen LogP contribution in [0.15, 0.2) is 18.2 Å². The number of benzene rings is 1. The van der Waals surface area contributed by atoms with Gasteiger partial charge in [0.05, 0.1) is 12.7 Å². The lowest BCUT2D eigenvalue weighted by atomic mass is 9.87. The highest BCUT2D eigenvalue weighted by Gasteiger charge is 2.38. The summed E-state index contributed by atoms with van der Waals surface area (Å²) in [5.41, 5.74) is -0.227. The summed E-state index contributed by atoms with van der Waals surface area (Å²) in [6.07, 6.45) is -3.55. The van der Waals surface area contributed by atoms with Gasteiger partial charge in [-0.15, -0.1) is 0 Å². The molecule has 23 heavy (non-hydrogen) atoms. The molecule has 0 amide bonds. The molecule has 2 atom stereocenters. The first kappa shape index (κ1) is 18.1. The summed E-state index contributed by atoms with van der Waals surface area (Å²) in [6.45, 7) is 7.19. The van der Waals surface area contributed by atoms with E-state index in [4.69, 9.17) is 4.74 Å². The molecule has 0 aliphatic carbocycles. The van der Waals surface area contributed by atoms with Crippen LogP contribution in [0.5, 0.6) is 5.75 Å². The molecule has 0 radical (unpaired) electrons. The third kappa shape index (κ3) is 4.18. The van der Waals surface area contributed by atoms with Crippen LogP contribution in [-0.2, 0) is 6.18 Å². The molecule has 1 saturated heterocycles. The summed E-state index contributed by atoms with van der Waals surface area (Å²) >= 11 is 0. The van der Waals surface area contributed by atoms with Gasteiger partial charge in [0, 0.05) is 32.2 Å². The molecule has 0 aromatic heterocycles. The van der Waals surface area contributed by atoms with Crippen LogP contribution < -0.4 is 10.1 Å². The predicted octanol–water partition coefficient (Wildman–Crippen LogP) is 3.71. The van der Waals surface area contributed by atoms with Gasteiger partial charge < -0.3 is 10.1 Å². The van der Waals surface area contributed by atoms with E-state index in [0.29, 0.717) is 5.56 Å². The zero-order valence-corrected chi connectivity index (χ0v) is 13.9. The Morgan fingerprint density at radius 2 is 1.91 bits per heavy atom. The average molecular weight is 330 g/mol. The Bertz CT molecular complexity index is 513. The number of nitrogens with zero attached hydrogens (tertiary/aromatic N) is 1. The number of rotatable bonds is 5. The van der Waals surface area contributed by atoms with Gasteiger partial charge in [-0.2, -0.15) is 13.2 Å². The lowest BCUT2D eigenvalue weighted by Crippen LogP contribution is -2.47. The fourth-order valence-corrected chi connectivity index (χ4v) is 3.21. The lowest BCUT2D eigenvalue weighted by molar-refractivity contribution is -0.139. The first-order valence-corrected chi connectivity index (χ1v) is 8.08. The molecule has 1 fully saturated rings. The maximum Gasteiger partial charge on any atom is 0.416 e. The standard InChI is InChI=1S/C17H25F3N2O/c1-4-12(2)16(22-9-7-21-8-10-22)14-6-5-13(23-3)11-15(14)17(18,19)20/h5-6,11-12,16,21H,4,7-10H2,1-3H3/t12?,16-/m1/s1. The van der Waals surface area contributed by atoms with Gasteiger partial charge in [-0.25, -0.2) is 0 Å². The largest absolute Gasteiger partial charge is 0.497 e. The van der Waals surface area contributed by atoms with Gasteiger partial charge in [-0.1, -0.05) is 26.3 Å². The molecule has 1 unspecified atom stereocenters. The quantitative estimate of drug-likeness (QED) is 0.891. The van der Waals surface area contributed by atoms with Crippen LogP contribution in [0.1, 0.15) is 37.4 Å². The molecule has 1 aliphatic rings. The summed E-state index contributed by atoms with van der Waals surface area (Å²) in [5.74, 6) is 0.381. The van der Waals surface area contributed by atoms with Crippen LogP contribution in [0.25, 0.3) is 0 Å². The van der Waals surface area contributed by atoms with E-state index in [0.717, 1.165) is 38.7 Å². The number of hydrogen-bond acceptors (Lipinski definition) is 3. The van der Waals surface area contributed by atoms with Gasteiger partial charge in [0.25, 0.3) is 0 Å². The molecule has 0 spiro atoms. The monoisotopic (exact) mass is 330 g/mol. The summed E-state index contributed by atoms with van der Waals surface area (Å²) < 4.78 is 45.7. The molecular weight excluding hydrogens is 305 g/mol. The number of methoxy groups -OCH3 is 1. The minimum Gasteiger partial charge on any atom is -0.497 e. The zero-order valence-electron chi connectivity index (χ0n) is 13.9. The van der Waals surface area contributed by atoms with E-state index < -0.39 is 11.7 Å². The van der Waals surface area contributed by atoms with E-state index in [1.54, 1.807) is 12.1 Å². The summed E-state index contributed by atoms with van der Waals surface area (Å²) in [7, 11) is 1.39. The van der Waals surface area contributed by atoms with Crippen LogP contribution in [0.3, 0.4) is 0 Å². The van der Waals surface area contributed by atoms with Crippen molar-refractivity contribution < 1.29 is 17.9 Å². The van der Waals surface area contributed by atoms with E-state index in [-0.39, 0.29) is 17.7 Å². The van der Waals surface area contributed by atoms with Crippen molar-refractivity contribution in [2.45, 2.75) is 32.5 Å². The van der Waals surface area contributed by atoms with Gasteiger partial charge in [0.15, 0.2) is 0 Å². The van der Waals surface area contributed by atoms with Gasteiger partial charge in [-0.05, 0) is 23.6 Å². The van der Waals surface area contributed by atoms with Crippen molar-refractivity contribution in [3.8, 4) is 5.75 Å². The second kappa shape index (κ2) is 7.53. The molecule has 3 nitrogen and oxygen atoms in total. The Kier molecular flexibility index (Phi) is 5.92. The Hall–Kier alpha value is -1.27. The van der Waals surface area contributed by atoms with Crippen molar-refractivity contribution in [2.24, 2.45) is 5.92 Å². The smallest absolute Gasteiger partial charge is 0.416 e. The van der Waals surface area contributed by atoms with Crippen molar-refractivity contribution in [1.29, 1.82) is 0 Å². The Labute approximate surface area is 135 Å². The van der Waals surface area contributed by atoms with Gasteiger partial charge in [0.1, 0.15) is 5.75 Å². The van der Waals surface area contributed by atoms with Crippen LogP contribution >= 0.6 is 0 Å². The van der Waals surface area contributed by atoms with Crippen LogP contribution in [0.2, 0.25) is 0 Å². The molecule has 1 heterocycles. The van der Waals surface area contributed by atoms with Gasteiger partial charge in [0.2, 0.25) is 0 Å². The number of ether oxygens (including phenoxy) is 1. The third-order valence-electron chi connectivity index (χ3n) is 4.61. The van der Waals surface area contributed by atoms with Crippen LogP contribution in [0.4, 0.5) is 13.2 Å². The predicted molar refractivity (Wildman–Crippen MR) is 84.6 cm³/mol. The minimum absolute atomic E-state index is 0.141. The normalized spacial score (nSPS) is 19.4. The average Bonchev–Trinajstić information content (AvgIpc) is 2.55. The van der Waals surface area contributed by atoms with Crippen molar-refractivity contribution >= 4 is 0 Å². The third-order valence-corrected chi connectivity index (χ3v) is 4.61. The van der Waals surface area contributed by atoms with Crippen molar-refractivity contribution in [3.05, 3.63) is 29.3 Å². The number of hydrogen-bond donors (Lipinski definition) is 1. The van der Waals surface area contributed by atoms with E-state index >= 15 is 0 Å². The molecule has 130 valence electrons. The van der Waals surface area contributed by atoms with Crippen molar-refractivity contribution in [3.63, 3.8) is 0 Å². The number of alkyl halides is 3. The Morgan fingerprint density at radius 3 is 2.43 bits per heavy atom. The number of halogens is 3. The second-order valence-corrected chi connectivity index (χ2v) is 6.07. The summed E-state index contributed by atoms with van der Waals surface area (Å²) in [4.78, 5) is 2.17. The van der Waals surface area contributed by atoms with Crippen LogP contribution in [-0.4, -0.2) is 38.2 Å². The lowest BCUT2D eigenvalue weighted by Gasteiger charge is -2.39. The zero-order chi connectivity index (χ0) is 17.0. The first-order chi connectivity index (χ1) is 10.9. The fraction of sp³-hybridized carbons (Fsp3) is 0.647. The van der Waals surface area contributed by atoms with E-state index in [9.17, 15) is 13.2 Å². The first-order valence-electron chi connectivity index (χ1n) is 8.08. The molecule has 6 heteroatoms. The minimum atomic E-state index is -4.39. The highest BCUT2D eigenvalue weighted by Crippen LogP contribution is 2.41.